The summed E-state index contributed by atoms with van der Waals surface area (Å²) in [5.41, 5.74) is 0. The first-order chi connectivity index (χ1) is 7.97. The predicted octanol–water partition coefficient (Wildman–Crippen LogP) is 2.72. The van der Waals surface area contributed by atoms with Crippen molar-refractivity contribution >= 4 is 6.29 Å². The molecule has 1 aromatic carbocycles. The minimum absolute atomic E-state index is 0.0202. The molecule has 0 saturated carbocycles. The van der Waals surface area contributed by atoms with Gasteiger partial charge in [-0.3, -0.25) is 4.79 Å². The molecule has 3 nitrogen and oxygen atoms in total. The lowest BCUT2D eigenvalue weighted by Crippen LogP contribution is -2.17. The molecule has 0 atom stereocenters. The Morgan fingerprint density at radius 2 is 1.71 bits per heavy atom. The van der Waals surface area contributed by atoms with Crippen LogP contribution in [0.5, 0.6) is 11.5 Å². The number of alkyl halides is 3. The Morgan fingerprint density at radius 3 is 2.12 bits per heavy atom. The highest BCUT2D eigenvalue weighted by Crippen LogP contribution is 2.28. The summed E-state index contributed by atoms with van der Waals surface area (Å²) in [4.78, 5) is 10.1. The molecule has 0 saturated heterocycles. The second-order valence-electron chi connectivity index (χ2n) is 2.94. The van der Waals surface area contributed by atoms with Gasteiger partial charge in [0.15, 0.2) is 0 Å². The van der Waals surface area contributed by atoms with Gasteiger partial charge < -0.3 is 9.47 Å². The smallest absolute Gasteiger partial charge is 0.449 e. The average molecular weight is 246 g/mol. The summed E-state index contributed by atoms with van der Waals surface area (Å²) in [6, 6.07) is 5.51. The van der Waals surface area contributed by atoms with E-state index in [0.29, 0.717) is 11.8 Å². The average Bonchev–Trinajstić information content (AvgIpc) is 2.28. The summed E-state index contributed by atoms with van der Waals surface area (Å²) in [5.74, 6) is -0.904. The van der Waals surface area contributed by atoms with Crippen molar-refractivity contribution in [3.8, 4) is 11.5 Å². The van der Waals surface area contributed by atoms with Crippen LogP contribution in [0.1, 0.15) is 0 Å². The standard InChI is InChI=1S/C11H9F3O3/c1-16-8-2-4-9(5-3-8)17-10(6-7-15)11(12,13)14/h2-7H,1H3/b10-6+. The van der Waals surface area contributed by atoms with Crippen LogP contribution in [0.2, 0.25) is 0 Å². The molecule has 0 fully saturated rings. The molecule has 1 aromatic rings. The summed E-state index contributed by atoms with van der Waals surface area (Å²) >= 11 is 0. The molecule has 0 amide bonds. The number of allylic oxidation sites excluding steroid dienone is 2. The van der Waals surface area contributed by atoms with Crippen LogP contribution in [0.4, 0.5) is 13.2 Å². The van der Waals surface area contributed by atoms with Crippen molar-refractivity contribution in [1.82, 2.24) is 0 Å². The fraction of sp³-hybridized carbons (Fsp3) is 0.182. The molecule has 0 radical (unpaired) electrons. The highest BCUT2D eigenvalue weighted by molar-refractivity contribution is 5.66. The van der Waals surface area contributed by atoms with Crippen LogP contribution < -0.4 is 9.47 Å². The van der Waals surface area contributed by atoms with Crippen molar-refractivity contribution < 1.29 is 27.4 Å². The Morgan fingerprint density at radius 1 is 1.18 bits per heavy atom. The predicted molar refractivity (Wildman–Crippen MR) is 53.8 cm³/mol. The number of ether oxygens (including phenoxy) is 2. The summed E-state index contributed by atoms with van der Waals surface area (Å²) < 4.78 is 46.5. The molecule has 17 heavy (non-hydrogen) atoms. The van der Waals surface area contributed by atoms with Gasteiger partial charge in [0.2, 0.25) is 5.76 Å². The number of carbonyl (C=O) groups is 1. The van der Waals surface area contributed by atoms with Crippen LogP contribution in [-0.2, 0) is 4.79 Å². The van der Waals surface area contributed by atoms with Crippen LogP contribution in [0.25, 0.3) is 0 Å². The number of hydrogen-bond acceptors (Lipinski definition) is 3. The molecule has 0 N–H and O–H groups in total. The molecular formula is C11H9F3O3. The summed E-state index contributed by atoms with van der Waals surface area (Å²) in [7, 11) is 1.43. The zero-order chi connectivity index (χ0) is 12.9. The molecule has 0 aromatic heterocycles. The first-order valence-electron chi connectivity index (χ1n) is 4.52. The van der Waals surface area contributed by atoms with E-state index in [1.807, 2.05) is 0 Å². The Balaban J connectivity index is 2.87. The molecule has 1 rings (SSSR count). The van der Waals surface area contributed by atoms with Crippen molar-refractivity contribution in [3.05, 3.63) is 36.1 Å². The van der Waals surface area contributed by atoms with Gasteiger partial charge in [0, 0.05) is 6.08 Å². The molecule has 92 valence electrons. The van der Waals surface area contributed by atoms with Crippen LogP contribution >= 0.6 is 0 Å². The van der Waals surface area contributed by atoms with E-state index in [2.05, 4.69) is 4.74 Å². The zero-order valence-electron chi connectivity index (χ0n) is 8.82. The van der Waals surface area contributed by atoms with E-state index in [1.165, 1.54) is 31.4 Å². The molecule has 0 heterocycles. The van der Waals surface area contributed by atoms with Gasteiger partial charge in [-0.1, -0.05) is 0 Å². The number of hydrogen-bond donors (Lipinski definition) is 0. The lowest BCUT2D eigenvalue weighted by Gasteiger charge is -2.12. The highest BCUT2D eigenvalue weighted by Gasteiger charge is 2.36. The maximum Gasteiger partial charge on any atom is 0.449 e. The summed E-state index contributed by atoms with van der Waals surface area (Å²) in [6.07, 6.45) is -4.36. The molecule has 6 heteroatoms. The minimum atomic E-state index is -4.71. The first kappa shape index (κ1) is 13.1. The van der Waals surface area contributed by atoms with E-state index < -0.39 is 11.9 Å². The second-order valence-corrected chi connectivity index (χ2v) is 2.94. The van der Waals surface area contributed by atoms with E-state index >= 15 is 0 Å². The number of methoxy groups -OCH3 is 1. The molecule has 0 aliphatic rings. The van der Waals surface area contributed by atoms with Gasteiger partial charge in [-0.25, -0.2) is 0 Å². The SMILES string of the molecule is COc1ccc(O/C(=C/C=O)C(F)(F)F)cc1. The third-order valence-electron chi connectivity index (χ3n) is 1.79. The Hall–Kier alpha value is -1.98. The summed E-state index contributed by atoms with van der Waals surface area (Å²) in [5, 5.41) is 0. The largest absolute Gasteiger partial charge is 0.497 e. The second kappa shape index (κ2) is 5.38. The monoisotopic (exact) mass is 246 g/mol. The summed E-state index contributed by atoms with van der Waals surface area (Å²) in [6.45, 7) is 0. The van der Waals surface area contributed by atoms with Crippen molar-refractivity contribution in [3.63, 3.8) is 0 Å². The number of benzene rings is 1. The molecule has 0 bridgehead atoms. The van der Waals surface area contributed by atoms with Crippen molar-refractivity contribution in [2.75, 3.05) is 7.11 Å². The topological polar surface area (TPSA) is 35.5 Å². The Kier molecular flexibility index (Phi) is 4.14. The van der Waals surface area contributed by atoms with Crippen LogP contribution in [0.15, 0.2) is 36.1 Å². The van der Waals surface area contributed by atoms with Gasteiger partial charge in [0.1, 0.15) is 17.8 Å². The molecule has 0 aliphatic heterocycles. The van der Waals surface area contributed by atoms with Crippen molar-refractivity contribution in [2.45, 2.75) is 6.18 Å². The van der Waals surface area contributed by atoms with E-state index in [4.69, 9.17) is 4.74 Å². The highest BCUT2D eigenvalue weighted by atomic mass is 19.4. The third-order valence-corrected chi connectivity index (χ3v) is 1.79. The molecule has 0 aliphatic carbocycles. The van der Waals surface area contributed by atoms with Crippen LogP contribution in [0, 0.1) is 0 Å². The van der Waals surface area contributed by atoms with Gasteiger partial charge in [0.25, 0.3) is 0 Å². The van der Waals surface area contributed by atoms with Gasteiger partial charge >= 0.3 is 6.18 Å². The maximum atomic E-state index is 12.4. The quantitative estimate of drug-likeness (QED) is 0.465. The fourth-order valence-corrected chi connectivity index (χ4v) is 1.02. The normalized spacial score (nSPS) is 12.1. The van der Waals surface area contributed by atoms with E-state index in [1.54, 1.807) is 0 Å². The van der Waals surface area contributed by atoms with Gasteiger partial charge in [-0.2, -0.15) is 13.2 Å². The maximum absolute atomic E-state index is 12.4. The third kappa shape index (κ3) is 3.82. The lowest BCUT2D eigenvalue weighted by atomic mass is 10.3. The van der Waals surface area contributed by atoms with Crippen molar-refractivity contribution in [1.29, 1.82) is 0 Å². The van der Waals surface area contributed by atoms with E-state index in [0.717, 1.165) is 0 Å². The number of halogens is 3. The zero-order valence-corrected chi connectivity index (χ0v) is 8.82. The van der Waals surface area contributed by atoms with Crippen LogP contribution in [0.3, 0.4) is 0 Å². The molecule has 0 spiro atoms. The van der Waals surface area contributed by atoms with Crippen molar-refractivity contribution in [2.24, 2.45) is 0 Å². The van der Waals surface area contributed by atoms with E-state index in [-0.39, 0.29) is 12.0 Å². The lowest BCUT2D eigenvalue weighted by molar-refractivity contribution is -0.119. The molecule has 0 unspecified atom stereocenters. The number of carbonyl (C=O) groups excluding carboxylic acids is 1. The first-order valence-corrected chi connectivity index (χ1v) is 4.52. The molecular weight excluding hydrogens is 237 g/mol. The van der Waals surface area contributed by atoms with Gasteiger partial charge in [0.05, 0.1) is 7.11 Å². The Labute approximate surface area is 95.5 Å². The number of aldehydes is 1. The van der Waals surface area contributed by atoms with E-state index in [9.17, 15) is 18.0 Å². The van der Waals surface area contributed by atoms with Gasteiger partial charge in [-0.05, 0) is 24.3 Å². The number of rotatable bonds is 4. The fourth-order valence-electron chi connectivity index (χ4n) is 1.02. The Bertz CT molecular complexity index is 407. The van der Waals surface area contributed by atoms with Crippen LogP contribution in [-0.4, -0.2) is 19.6 Å². The minimum Gasteiger partial charge on any atom is -0.497 e. The van der Waals surface area contributed by atoms with Gasteiger partial charge in [-0.15, -0.1) is 0 Å².